The highest BCUT2D eigenvalue weighted by atomic mass is 16.2. The topological polar surface area (TPSA) is 127 Å². The molecule has 2 atom stereocenters. The first-order valence-corrected chi connectivity index (χ1v) is 8.91. The predicted molar refractivity (Wildman–Crippen MR) is 99.4 cm³/mol. The van der Waals surface area contributed by atoms with E-state index in [-0.39, 0.29) is 23.8 Å². The van der Waals surface area contributed by atoms with Crippen LogP contribution in [0.5, 0.6) is 0 Å². The van der Waals surface area contributed by atoms with Crippen LogP contribution in [0.1, 0.15) is 53.4 Å². The lowest BCUT2D eigenvalue weighted by Gasteiger charge is -2.22. The zero-order chi connectivity index (χ0) is 19.4. The molecule has 144 valence electrons. The van der Waals surface area contributed by atoms with Crippen molar-refractivity contribution in [1.82, 2.24) is 10.6 Å². The smallest absolute Gasteiger partial charge is 0.234 e. The van der Waals surface area contributed by atoms with Crippen molar-refractivity contribution in [1.29, 1.82) is 0 Å². The summed E-state index contributed by atoms with van der Waals surface area (Å²) in [5.41, 5.74) is 10.2. The number of nitrogens with two attached hydrogens (primary N) is 2. The van der Waals surface area contributed by atoms with Gasteiger partial charge in [0.05, 0.1) is 6.04 Å². The monoisotopic (exact) mass is 354 g/mol. The fraction of sp³-hybridized carbons (Fsp3) is 0.722. The first kappa shape index (κ1) is 23.1. The molecule has 7 nitrogen and oxygen atoms in total. The third-order valence-corrected chi connectivity index (χ3v) is 3.98. The quantitative estimate of drug-likeness (QED) is 0.560. The largest absolute Gasteiger partial charge is 0.368 e. The number of primary amides is 1. The summed E-state index contributed by atoms with van der Waals surface area (Å²) in [5.74, 6) is 0.172. The Morgan fingerprint density at radius 1 is 1.16 bits per heavy atom. The van der Waals surface area contributed by atoms with Crippen molar-refractivity contribution < 1.29 is 14.4 Å². The number of nitrogens with one attached hydrogen (secondary N) is 2. The van der Waals surface area contributed by atoms with E-state index in [1.165, 1.54) is 0 Å². The lowest BCUT2D eigenvalue weighted by molar-refractivity contribution is -0.123. The van der Waals surface area contributed by atoms with Crippen LogP contribution >= 0.6 is 0 Å². The molecule has 0 radical (unpaired) electrons. The molecule has 0 saturated heterocycles. The Balaban J connectivity index is 0.000000609. The molecule has 0 aromatic heterocycles. The Hall–Kier alpha value is -1.89. The van der Waals surface area contributed by atoms with Crippen LogP contribution in [0.25, 0.3) is 0 Å². The number of amides is 3. The van der Waals surface area contributed by atoms with Crippen molar-refractivity contribution >= 4 is 17.7 Å². The molecule has 0 aliphatic carbocycles. The molecule has 25 heavy (non-hydrogen) atoms. The maximum Gasteiger partial charge on any atom is 0.234 e. The summed E-state index contributed by atoms with van der Waals surface area (Å²) in [5, 5.41) is 5.85. The first-order valence-electron chi connectivity index (χ1n) is 8.91. The van der Waals surface area contributed by atoms with Gasteiger partial charge in [0.25, 0.3) is 0 Å². The van der Waals surface area contributed by atoms with Crippen LogP contribution in [-0.2, 0) is 14.4 Å². The summed E-state index contributed by atoms with van der Waals surface area (Å²) in [4.78, 5) is 33.4. The Labute approximate surface area is 151 Å². The molecule has 7 heteroatoms. The summed E-state index contributed by atoms with van der Waals surface area (Å²) in [7, 11) is 0. The third-order valence-electron chi connectivity index (χ3n) is 3.98. The lowest BCUT2D eigenvalue weighted by atomic mass is 9.98. The minimum Gasteiger partial charge on any atom is -0.368 e. The Morgan fingerprint density at radius 2 is 1.80 bits per heavy atom. The molecule has 0 saturated carbocycles. The van der Waals surface area contributed by atoms with Crippen molar-refractivity contribution in [3.8, 4) is 0 Å². The second kappa shape index (κ2) is 12.5. The van der Waals surface area contributed by atoms with Gasteiger partial charge in [-0.05, 0) is 24.7 Å². The maximum absolute atomic E-state index is 11.6. The molecule has 0 spiro atoms. The minimum atomic E-state index is -0.491. The Kier molecular flexibility index (Phi) is 11.5. The Bertz CT molecular complexity index is 461. The van der Waals surface area contributed by atoms with Crippen LogP contribution in [0.3, 0.4) is 0 Å². The zero-order valence-corrected chi connectivity index (χ0v) is 15.9. The van der Waals surface area contributed by atoms with Gasteiger partial charge in [-0.2, -0.15) is 0 Å². The summed E-state index contributed by atoms with van der Waals surface area (Å²) in [6, 6.07) is -0.406. The van der Waals surface area contributed by atoms with Gasteiger partial charge in [0.15, 0.2) is 0 Å². The van der Waals surface area contributed by atoms with E-state index in [0.29, 0.717) is 31.7 Å². The van der Waals surface area contributed by atoms with Gasteiger partial charge in [0.1, 0.15) is 0 Å². The summed E-state index contributed by atoms with van der Waals surface area (Å²) < 4.78 is 0. The van der Waals surface area contributed by atoms with Gasteiger partial charge in [0, 0.05) is 25.4 Å². The standard InChI is InChI=1S/C13H22N2O2.C5H12N2O/c1-10(2)11-7-8-12(16)14-9-5-3-4-6-13(17)15-11;1-3(2)4(6)5(7)8/h3-4,10-11H,5-9H2,1-2H3,(H,14,16)(H,15,17);3-4H,6H2,1-2H3,(H2,7,8)/b4-3+;. The highest BCUT2D eigenvalue weighted by Gasteiger charge is 2.17. The highest BCUT2D eigenvalue weighted by molar-refractivity contribution is 5.79. The van der Waals surface area contributed by atoms with E-state index in [1.54, 1.807) is 0 Å². The molecule has 1 heterocycles. The van der Waals surface area contributed by atoms with Gasteiger partial charge in [-0.3, -0.25) is 14.4 Å². The molecule has 3 amide bonds. The molecule has 1 rings (SSSR count). The average Bonchev–Trinajstić information content (AvgIpc) is 2.52. The van der Waals surface area contributed by atoms with Gasteiger partial charge >= 0.3 is 0 Å². The average molecular weight is 354 g/mol. The van der Waals surface area contributed by atoms with Crippen molar-refractivity contribution in [2.75, 3.05) is 6.54 Å². The minimum absolute atomic E-state index is 0.0425. The van der Waals surface area contributed by atoms with E-state index in [4.69, 9.17) is 11.5 Å². The molecule has 1 aliphatic heterocycles. The first-order chi connectivity index (χ1) is 11.6. The van der Waals surface area contributed by atoms with Gasteiger partial charge in [-0.25, -0.2) is 0 Å². The number of rotatable bonds is 3. The van der Waals surface area contributed by atoms with Gasteiger partial charge in [-0.15, -0.1) is 0 Å². The highest BCUT2D eigenvalue weighted by Crippen LogP contribution is 2.09. The molecule has 0 bridgehead atoms. The van der Waals surface area contributed by atoms with Crippen molar-refractivity contribution in [2.24, 2.45) is 23.3 Å². The van der Waals surface area contributed by atoms with E-state index < -0.39 is 11.9 Å². The van der Waals surface area contributed by atoms with Crippen LogP contribution in [0.15, 0.2) is 12.2 Å². The molecule has 2 unspecified atom stereocenters. The number of hydrogen-bond acceptors (Lipinski definition) is 4. The molecule has 6 N–H and O–H groups in total. The van der Waals surface area contributed by atoms with E-state index in [1.807, 2.05) is 26.0 Å². The fourth-order valence-electron chi connectivity index (χ4n) is 2.14. The van der Waals surface area contributed by atoms with Crippen molar-refractivity contribution in [2.45, 2.75) is 65.5 Å². The van der Waals surface area contributed by atoms with Crippen LogP contribution in [0.2, 0.25) is 0 Å². The molecule has 0 aromatic rings. The van der Waals surface area contributed by atoms with Crippen LogP contribution in [0, 0.1) is 11.8 Å². The molecule has 0 aromatic carbocycles. The summed E-state index contributed by atoms with van der Waals surface area (Å²) in [6.45, 7) is 8.49. The van der Waals surface area contributed by atoms with E-state index in [9.17, 15) is 14.4 Å². The van der Waals surface area contributed by atoms with Crippen LogP contribution in [0.4, 0.5) is 0 Å². The lowest BCUT2D eigenvalue weighted by Crippen LogP contribution is -2.40. The summed E-state index contributed by atoms with van der Waals surface area (Å²) >= 11 is 0. The molecular weight excluding hydrogens is 320 g/mol. The second-order valence-electron chi connectivity index (χ2n) is 6.94. The summed E-state index contributed by atoms with van der Waals surface area (Å²) in [6.07, 6.45) is 6.20. The number of hydrogen-bond donors (Lipinski definition) is 4. The molecular formula is C18H34N4O3. The number of carbonyl (C=O) groups is 3. The maximum atomic E-state index is 11.6. The normalized spacial score (nSPS) is 21.8. The molecule has 0 fully saturated rings. The second-order valence-corrected chi connectivity index (χ2v) is 6.94. The fourth-order valence-corrected chi connectivity index (χ4v) is 2.14. The van der Waals surface area contributed by atoms with Crippen LogP contribution < -0.4 is 22.1 Å². The van der Waals surface area contributed by atoms with Crippen molar-refractivity contribution in [3.05, 3.63) is 12.2 Å². The van der Waals surface area contributed by atoms with Gasteiger partial charge in [0.2, 0.25) is 17.7 Å². The van der Waals surface area contributed by atoms with Gasteiger partial charge < -0.3 is 22.1 Å². The van der Waals surface area contributed by atoms with Crippen LogP contribution in [-0.4, -0.2) is 36.3 Å². The van der Waals surface area contributed by atoms with E-state index in [2.05, 4.69) is 24.5 Å². The Morgan fingerprint density at radius 3 is 2.28 bits per heavy atom. The van der Waals surface area contributed by atoms with Gasteiger partial charge in [-0.1, -0.05) is 39.8 Å². The number of carbonyl (C=O) groups excluding carboxylic acids is 3. The van der Waals surface area contributed by atoms with E-state index >= 15 is 0 Å². The molecule has 1 aliphatic rings. The third kappa shape index (κ3) is 11.3. The zero-order valence-electron chi connectivity index (χ0n) is 15.9. The SMILES string of the molecule is CC(C)C(N)C(N)=O.CC(C)C1CCC(=O)NCC/C=C/CC(=O)N1. The predicted octanol–water partition coefficient (Wildman–Crippen LogP) is 0.829. The van der Waals surface area contributed by atoms with E-state index in [0.717, 1.165) is 6.42 Å². The van der Waals surface area contributed by atoms with Crippen molar-refractivity contribution in [3.63, 3.8) is 0 Å².